The van der Waals surface area contributed by atoms with Crippen molar-refractivity contribution >= 4 is 48.1 Å². The first-order valence-corrected chi connectivity index (χ1v) is 23.9. The first-order valence-electron chi connectivity index (χ1n) is 15.6. The van der Waals surface area contributed by atoms with Crippen LogP contribution in [0.5, 0.6) is 0 Å². The number of unbranched alkanes of at least 4 members (excludes halogenated alkanes) is 2. The molecule has 44 heavy (non-hydrogen) atoms. The summed E-state index contributed by atoms with van der Waals surface area (Å²) in [5, 5.41) is 5.59. The summed E-state index contributed by atoms with van der Waals surface area (Å²) in [5.74, 6) is 0. The Morgan fingerprint density at radius 2 is 0.932 bits per heavy atom. The summed E-state index contributed by atoms with van der Waals surface area (Å²) in [6.07, 6.45) is 7.42. The Morgan fingerprint density at radius 3 is 1.27 bits per heavy atom. The maximum absolute atomic E-state index is 4.93. The van der Waals surface area contributed by atoms with E-state index in [0.29, 0.717) is 0 Å². The Labute approximate surface area is 287 Å². The van der Waals surface area contributed by atoms with Crippen LogP contribution in [0.25, 0.3) is 43.8 Å². The molecule has 4 heteroatoms. The Bertz CT molecular complexity index is 1500. The molecule has 0 N–H and O–H groups in total. The van der Waals surface area contributed by atoms with Crippen molar-refractivity contribution < 1.29 is 20.8 Å². The van der Waals surface area contributed by atoms with Gasteiger partial charge in [0.15, 0.2) is 0 Å². The van der Waals surface area contributed by atoms with Crippen molar-refractivity contribution in [2.24, 2.45) is 0 Å². The average molecular weight is 715 g/mol. The van der Waals surface area contributed by atoms with E-state index < -0.39 is 20.8 Å². The van der Waals surface area contributed by atoms with Crippen LogP contribution in [-0.2, 0) is 33.7 Å². The van der Waals surface area contributed by atoms with Crippen LogP contribution < -0.4 is 0 Å². The van der Waals surface area contributed by atoms with E-state index in [-0.39, 0.29) is 0 Å². The number of rotatable bonds is 8. The van der Waals surface area contributed by atoms with Crippen LogP contribution in [0.1, 0.15) is 50.7 Å². The predicted molar refractivity (Wildman–Crippen MR) is 196 cm³/mol. The minimum absolute atomic E-state index is 0.826. The summed E-state index contributed by atoms with van der Waals surface area (Å²) >= 11 is -0.826. The third-order valence-electron chi connectivity index (χ3n) is 7.50. The summed E-state index contributed by atoms with van der Waals surface area (Å²) in [5.41, 5.74) is 8.25. The number of hydrogen-bond donors (Lipinski definition) is 0. The van der Waals surface area contributed by atoms with E-state index in [4.69, 9.17) is 17.0 Å². The molecule has 0 saturated heterocycles. The van der Waals surface area contributed by atoms with Gasteiger partial charge < -0.3 is 0 Å². The minimum atomic E-state index is -0.826. The van der Waals surface area contributed by atoms with Crippen LogP contribution in [-0.4, -0.2) is 9.52 Å². The van der Waals surface area contributed by atoms with Gasteiger partial charge >= 0.3 is 37.9 Å². The topological polar surface area (TPSA) is 0 Å². The molecule has 0 bridgehead atoms. The molecule has 0 atom stereocenters. The molecule has 6 aromatic carbocycles. The van der Waals surface area contributed by atoms with Crippen LogP contribution in [0.15, 0.2) is 121 Å². The summed E-state index contributed by atoms with van der Waals surface area (Å²) in [6.45, 7) is 8.81. The molecule has 6 rings (SSSR count). The number of aryl methyl sites for hydroxylation is 2. The molecule has 0 aliphatic rings. The fourth-order valence-corrected chi connectivity index (χ4v) is 5.36. The Kier molecular flexibility index (Phi) is 17.1. The molecular weight excluding hydrogens is 671 g/mol. The van der Waals surface area contributed by atoms with E-state index in [2.05, 4.69) is 148 Å². The molecule has 0 nitrogen and oxygen atoms in total. The quantitative estimate of drug-likeness (QED) is 0.109. The van der Waals surface area contributed by atoms with Gasteiger partial charge in [-0.05, 0) is 12.8 Å². The number of benzene rings is 4. The molecule has 0 spiro atoms. The van der Waals surface area contributed by atoms with Crippen molar-refractivity contribution in [2.75, 3.05) is 0 Å². The molecule has 0 aromatic heterocycles. The van der Waals surface area contributed by atoms with Gasteiger partial charge in [0.2, 0.25) is 0 Å². The summed E-state index contributed by atoms with van der Waals surface area (Å²) < 4.78 is 0. The molecule has 0 unspecified atom stereocenters. The van der Waals surface area contributed by atoms with Gasteiger partial charge in [-0.15, -0.1) is 69.1 Å². The van der Waals surface area contributed by atoms with Crippen molar-refractivity contribution in [1.82, 2.24) is 0 Å². The normalized spacial score (nSPS) is 10.1. The van der Waals surface area contributed by atoms with Gasteiger partial charge in [0.1, 0.15) is 0 Å². The summed E-state index contributed by atoms with van der Waals surface area (Å²) in [6, 6.07) is 43.9. The van der Waals surface area contributed by atoms with E-state index in [1.807, 2.05) is 0 Å². The Balaban J connectivity index is 0.000000204. The van der Waals surface area contributed by atoms with E-state index in [0.717, 1.165) is 9.52 Å². The van der Waals surface area contributed by atoms with Crippen molar-refractivity contribution in [3.05, 3.63) is 132 Å². The van der Waals surface area contributed by atoms with Gasteiger partial charge in [-0.3, -0.25) is 0 Å². The van der Waals surface area contributed by atoms with Gasteiger partial charge in [-0.25, -0.2) is 0 Å². The molecule has 0 fully saturated rings. The molecular formula is C40H44Cl2SiZr. The zero-order valence-electron chi connectivity index (χ0n) is 26.5. The second-order valence-corrected chi connectivity index (χ2v) is 15.6. The zero-order chi connectivity index (χ0) is 31.6. The predicted octanol–water partition coefficient (Wildman–Crippen LogP) is 13.3. The SMILES string of the molecule is CCCCc1cccc2[cH-]c(-c3ccccc3)cc12.CCCCc1cccc2[cH-]c(-c3ccccc3)cc12.C[Si]C.[Cl][Zr+2][Cl]. The number of fused-ring (bicyclic) bond motifs is 2. The van der Waals surface area contributed by atoms with Gasteiger partial charge in [0, 0.05) is 9.52 Å². The molecule has 2 radical (unpaired) electrons. The third-order valence-corrected chi connectivity index (χ3v) is 7.50. The molecule has 0 heterocycles. The standard InChI is InChI=1S/2C19H19.C2H6Si.2ClH.Zr/c2*1-2-3-8-16-11-7-12-17-13-18(14-19(16)17)15-9-5-4-6-10-15;1-3-2;;;/h2*4-7,9-14H,2-3,8H2,1H3;1-2H3;2*1H;/q2*-1;;;;+4/p-2. The first kappa shape index (κ1) is 36.3. The third kappa shape index (κ3) is 11.0. The Morgan fingerprint density at radius 1 is 0.568 bits per heavy atom. The van der Waals surface area contributed by atoms with Gasteiger partial charge in [-0.2, -0.15) is 0 Å². The zero-order valence-corrected chi connectivity index (χ0v) is 31.5. The number of hydrogen-bond acceptors (Lipinski definition) is 0. The molecule has 226 valence electrons. The van der Waals surface area contributed by atoms with Crippen molar-refractivity contribution in [3.8, 4) is 22.3 Å². The van der Waals surface area contributed by atoms with Crippen molar-refractivity contribution in [1.29, 1.82) is 0 Å². The fourth-order valence-electron chi connectivity index (χ4n) is 5.36. The first-order chi connectivity index (χ1) is 21.6. The van der Waals surface area contributed by atoms with Crippen molar-refractivity contribution in [2.45, 2.75) is 65.5 Å². The summed E-state index contributed by atoms with van der Waals surface area (Å²) in [4.78, 5) is 0. The van der Waals surface area contributed by atoms with E-state index in [9.17, 15) is 0 Å². The maximum atomic E-state index is 4.93. The van der Waals surface area contributed by atoms with Crippen LogP contribution in [0, 0.1) is 0 Å². The van der Waals surface area contributed by atoms with Crippen LogP contribution in [0.4, 0.5) is 0 Å². The summed E-state index contributed by atoms with van der Waals surface area (Å²) in [7, 11) is 11.0. The molecule has 6 aromatic rings. The van der Waals surface area contributed by atoms with Crippen LogP contribution >= 0.6 is 17.0 Å². The van der Waals surface area contributed by atoms with Crippen LogP contribution in [0.2, 0.25) is 13.1 Å². The van der Waals surface area contributed by atoms with Gasteiger partial charge in [0.25, 0.3) is 0 Å². The second kappa shape index (κ2) is 20.7. The monoisotopic (exact) mass is 712 g/mol. The molecule has 0 saturated carbocycles. The van der Waals surface area contributed by atoms with E-state index in [1.165, 1.54) is 93.5 Å². The van der Waals surface area contributed by atoms with E-state index >= 15 is 0 Å². The second-order valence-electron chi connectivity index (χ2n) is 10.8. The van der Waals surface area contributed by atoms with Gasteiger partial charge in [0.05, 0.1) is 0 Å². The molecule has 0 aliphatic carbocycles. The van der Waals surface area contributed by atoms with Gasteiger partial charge in [-0.1, -0.05) is 160 Å². The molecule has 0 aliphatic heterocycles. The van der Waals surface area contributed by atoms with Crippen molar-refractivity contribution in [3.63, 3.8) is 0 Å². The molecule has 0 amide bonds. The average Bonchev–Trinajstić information content (AvgIpc) is 3.71. The van der Waals surface area contributed by atoms with Crippen LogP contribution in [0.3, 0.4) is 0 Å². The van der Waals surface area contributed by atoms with E-state index in [1.54, 1.807) is 0 Å². The fraction of sp³-hybridized carbons (Fsp3) is 0.250. The Hall–Kier alpha value is -2.22. The number of halogens is 2.